The van der Waals surface area contributed by atoms with Gasteiger partial charge in [-0.05, 0) is 52.9 Å². The lowest BCUT2D eigenvalue weighted by atomic mass is 10.1. The minimum atomic E-state index is 0.211. The lowest BCUT2D eigenvalue weighted by molar-refractivity contribution is 0.528. The molecule has 0 radical (unpaired) electrons. The molecular formula is C15H14ClNS3. The summed E-state index contributed by atoms with van der Waals surface area (Å²) in [6.07, 6.45) is 0. The molecule has 0 aliphatic heterocycles. The molecule has 1 nitrogen and oxygen atoms in total. The van der Waals surface area contributed by atoms with Crippen molar-refractivity contribution in [3.8, 4) is 0 Å². The van der Waals surface area contributed by atoms with E-state index in [4.69, 9.17) is 11.6 Å². The molecule has 0 aliphatic carbocycles. The molecule has 3 aromatic rings. The van der Waals surface area contributed by atoms with Crippen molar-refractivity contribution in [2.45, 2.75) is 19.0 Å². The van der Waals surface area contributed by atoms with E-state index in [1.807, 2.05) is 6.07 Å². The predicted molar refractivity (Wildman–Crippen MR) is 91.4 cm³/mol. The monoisotopic (exact) mass is 339 g/mol. The Kier molecular flexibility index (Phi) is 4.58. The summed E-state index contributed by atoms with van der Waals surface area (Å²) in [5.74, 6) is 0. The van der Waals surface area contributed by atoms with Gasteiger partial charge in [-0.15, -0.1) is 22.7 Å². The molecule has 0 amide bonds. The summed E-state index contributed by atoms with van der Waals surface area (Å²) in [6, 6.07) is 11.1. The van der Waals surface area contributed by atoms with Crippen molar-refractivity contribution in [2.24, 2.45) is 0 Å². The second kappa shape index (κ2) is 6.41. The smallest absolute Gasteiger partial charge is 0.0931 e. The number of hydrogen-bond donors (Lipinski definition) is 1. The molecule has 0 spiro atoms. The molecule has 2 unspecified atom stereocenters. The van der Waals surface area contributed by atoms with Crippen LogP contribution in [0.4, 0.5) is 0 Å². The van der Waals surface area contributed by atoms with Gasteiger partial charge in [0, 0.05) is 15.8 Å². The van der Waals surface area contributed by atoms with Crippen LogP contribution < -0.4 is 5.32 Å². The number of thiophene rings is 3. The van der Waals surface area contributed by atoms with Crippen LogP contribution in [0.1, 0.15) is 34.3 Å². The molecule has 0 saturated carbocycles. The molecule has 3 heterocycles. The largest absolute Gasteiger partial charge is 0.298 e. The minimum absolute atomic E-state index is 0.211. The van der Waals surface area contributed by atoms with Crippen molar-refractivity contribution in [3.63, 3.8) is 0 Å². The van der Waals surface area contributed by atoms with Gasteiger partial charge in [0.05, 0.1) is 10.4 Å². The van der Waals surface area contributed by atoms with Crippen LogP contribution >= 0.6 is 45.6 Å². The summed E-state index contributed by atoms with van der Waals surface area (Å²) in [4.78, 5) is 2.59. The molecule has 0 fully saturated rings. The second-order valence-electron chi connectivity index (χ2n) is 4.54. The second-order valence-corrected chi connectivity index (χ2v) is 8.04. The Morgan fingerprint density at radius 2 is 2.00 bits per heavy atom. The summed E-state index contributed by atoms with van der Waals surface area (Å²) in [7, 11) is 0. The fourth-order valence-electron chi connectivity index (χ4n) is 2.11. The third kappa shape index (κ3) is 3.15. The zero-order valence-corrected chi connectivity index (χ0v) is 14.1. The van der Waals surface area contributed by atoms with Crippen LogP contribution in [0.2, 0.25) is 4.34 Å². The van der Waals surface area contributed by atoms with Crippen molar-refractivity contribution in [1.29, 1.82) is 0 Å². The van der Waals surface area contributed by atoms with Crippen molar-refractivity contribution < 1.29 is 0 Å². The molecule has 20 heavy (non-hydrogen) atoms. The molecule has 0 aliphatic rings. The van der Waals surface area contributed by atoms with Gasteiger partial charge in [-0.3, -0.25) is 5.32 Å². The van der Waals surface area contributed by atoms with Crippen molar-refractivity contribution >= 4 is 45.6 Å². The number of halogens is 1. The minimum Gasteiger partial charge on any atom is -0.298 e. The van der Waals surface area contributed by atoms with E-state index in [-0.39, 0.29) is 6.04 Å². The average molecular weight is 340 g/mol. The lowest BCUT2D eigenvalue weighted by Gasteiger charge is -2.21. The Morgan fingerprint density at radius 1 is 1.10 bits per heavy atom. The molecule has 5 heteroatoms. The van der Waals surface area contributed by atoms with Crippen molar-refractivity contribution in [2.75, 3.05) is 0 Å². The van der Waals surface area contributed by atoms with Crippen molar-refractivity contribution in [1.82, 2.24) is 5.32 Å². The molecule has 0 aromatic carbocycles. The first-order valence-corrected chi connectivity index (χ1v) is 9.32. The summed E-state index contributed by atoms with van der Waals surface area (Å²) >= 11 is 11.3. The van der Waals surface area contributed by atoms with E-state index in [1.165, 1.54) is 15.3 Å². The zero-order chi connectivity index (χ0) is 13.9. The van der Waals surface area contributed by atoms with Crippen LogP contribution in [0.15, 0.2) is 46.5 Å². The van der Waals surface area contributed by atoms with Gasteiger partial charge in [0.15, 0.2) is 0 Å². The quantitative estimate of drug-likeness (QED) is 0.604. The fourth-order valence-corrected chi connectivity index (χ4v) is 4.88. The van der Waals surface area contributed by atoms with Crippen LogP contribution in [0.3, 0.4) is 0 Å². The van der Waals surface area contributed by atoms with E-state index in [0.29, 0.717) is 6.04 Å². The molecule has 104 valence electrons. The van der Waals surface area contributed by atoms with Crippen LogP contribution in [0.5, 0.6) is 0 Å². The Balaban J connectivity index is 1.87. The highest BCUT2D eigenvalue weighted by molar-refractivity contribution is 7.16. The van der Waals surface area contributed by atoms with Gasteiger partial charge in [0.1, 0.15) is 0 Å². The van der Waals surface area contributed by atoms with E-state index in [9.17, 15) is 0 Å². The van der Waals surface area contributed by atoms with E-state index < -0.39 is 0 Å². The van der Waals surface area contributed by atoms with Gasteiger partial charge in [0.2, 0.25) is 0 Å². The van der Waals surface area contributed by atoms with E-state index in [2.05, 4.69) is 52.6 Å². The normalized spacial score (nSPS) is 14.3. The van der Waals surface area contributed by atoms with Crippen molar-refractivity contribution in [3.05, 3.63) is 66.1 Å². The van der Waals surface area contributed by atoms with Crippen LogP contribution in [-0.2, 0) is 0 Å². The summed E-state index contributed by atoms with van der Waals surface area (Å²) in [5, 5.41) is 10.2. The lowest BCUT2D eigenvalue weighted by Crippen LogP contribution is -2.24. The summed E-state index contributed by atoms with van der Waals surface area (Å²) < 4.78 is 0.839. The molecule has 0 saturated heterocycles. The Hall–Kier alpha value is -0.650. The SMILES string of the molecule is CC(NC(c1cccs1)c1ccc(Cl)s1)c1ccsc1. The molecule has 3 rings (SSSR count). The van der Waals surface area contributed by atoms with Crippen LogP contribution in [0.25, 0.3) is 0 Å². The Labute approximate surface area is 135 Å². The molecule has 3 aromatic heterocycles. The van der Waals surface area contributed by atoms with Gasteiger partial charge in [-0.1, -0.05) is 17.7 Å². The first-order valence-electron chi connectivity index (χ1n) is 6.31. The first-order chi connectivity index (χ1) is 9.74. The van der Waals surface area contributed by atoms with Gasteiger partial charge >= 0.3 is 0 Å². The fraction of sp³-hybridized carbons (Fsp3) is 0.200. The molecule has 0 bridgehead atoms. The summed E-state index contributed by atoms with van der Waals surface area (Å²) in [5.41, 5.74) is 1.33. The van der Waals surface area contributed by atoms with E-state index >= 15 is 0 Å². The Morgan fingerprint density at radius 3 is 2.60 bits per heavy atom. The van der Waals surface area contributed by atoms with Crippen LogP contribution in [-0.4, -0.2) is 0 Å². The highest BCUT2D eigenvalue weighted by Crippen LogP contribution is 2.34. The maximum atomic E-state index is 6.10. The van der Waals surface area contributed by atoms with Gasteiger partial charge in [-0.2, -0.15) is 11.3 Å². The van der Waals surface area contributed by atoms with E-state index in [0.717, 1.165) is 4.34 Å². The molecule has 1 N–H and O–H groups in total. The average Bonchev–Trinajstić information content (AvgIpc) is 3.17. The Bertz CT molecular complexity index is 643. The van der Waals surface area contributed by atoms with E-state index in [1.54, 1.807) is 34.0 Å². The van der Waals surface area contributed by atoms with Gasteiger partial charge < -0.3 is 0 Å². The van der Waals surface area contributed by atoms with Gasteiger partial charge in [0.25, 0.3) is 0 Å². The van der Waals surface area contributed by atoms with Crippen LogP contribution in [0, 0.1) is 0 Å². The predicted octanol–water partition coefficient (Wildman–Crippen LogP) is 5.96. The zero-order valence-electron chi connectivity index (χ0n) is 10.9. The topological polar surface area (TPSA) is 12.0 Å². The highest BCUT2D eigenvalue weighted by Gasteiger charge is 2.20. The van der Waals surface area contributed by atoms with Gasteiger partial charge in [-0.25, -0.2) is 0 Å². The third-order valence-corrected chi connectivity index (χ3v) is 6.10. The standard InChI is InChI=1S/C15H14ClNS3/c1-10(11-6-8-18-9-11)17-15(12-3-2-7-19-12)13-4-5-14(16)20-13/h2-10,15,17H,1H3. The highest BCUT2D eigenvalue weighted by atomic mass is 35.5. The first kappa shape index (κ1) is 14.3. The summed E-state index contributed by atoms with van der Waals surface area (Å²) in [6.45, 7) is 2.21. The maximum absolute atomic E-state index is 6.10. The number of rotatable bonds is 5. The number of hydrogen-bond acceptors (Lipinski definition) is 4. The third-order valence-electron chi connectivity index (χ3n) is 3.17. The number of nitrogens with one attached hydrogen (secondary N) is 1. The molecule has 2 atom stereocenters. The maximum Gasteiger partial charge on any atom is 0.0931 e. The molecular weight excluding hydrogens is 326 g/mol.